The molecule has 0 aliphatic heterocycles. The van der Waals surface area contributed by atoms with Crippen LogP contribution < -0.4 is 20.1 Å². The first-order chi connectivity index (χ1) is 12.3. The van der Waals surface area contributed by atoms with Gasteiger partial charge in [-0.2, -0.15) is 0 Å². The maximum absolute atomic E-state index is 12.2. The number of hydrogen-bond acceptors (Lipinski definition) is 6. The second kappa shape index (κ2) is 8.39. The van der Waals surface area contributed by atoms with Gasteiger partial charge in [0.25, 0.3) is 5.69 Å². The first-order valence-electron chi connectivity index (χ1n) is 7.56. The summed E-state index contributed by atoms with van der Waals surface area (Å²) >= 11 is 6.05. The number of amides is 1. The van der Waals surface area contributed by atoms with Crippen LogP contribution in [-0.2, 0) is 4.79 Å². The lowest BCUT2D eigenvalue weighted by molar-refractivity contribution is -0.384. The second-order valence-electron chi connectivity index (χ2n) is 5.34. The molecular formula is C17H18ClN3O5. The Balaban J connectivity index is 2.11. The molecule has 0 aliphatic rings. The molecule has 0 saturated carbocycles. The summed E-state index contributed by atoms with van der Waals surface area (Å²) in [5, 5.41) is 17.1. The maximum atomic E-state index is 12.2. The number of rotatable bonds is 7. The van der Waals surface area contributed by atoms with Crippen LogP contribution in [0.5, 0.6) is 11.5 Å². The minimum absolute atomic E-state index is 0.0850. The first kappa shape index (κ1) is 19.3. The van der Waals surface area contributed by atoms with Gasteiger partial charge in [0, 0.05) is 11.1 Å². The fraction of sp³-hybridized carbons (Fsp3) is 0.235. The summed E-state index contributed by atoms with van der Waals surface area (Å²) in [6, 6.07) is 7.59. The average molecular weight is 380 g/mol. The minimum Gasteiger partial charge on any atom is -0.496 e. The van der Waals surface area contributed by atoms with Crippen molar-refractivity contribution in [3.63, 3.8) is 0 Å². The summed E-state index contributed by atoms with van der Waals surface area (Å²) in [5.74, 6) is 0.367. The number of halogens is 1. The fourth-order valence-corrected chi connectivity index (χ4v) is 2.39. The van der Waals surface area contributed by atoms with E-state index in [0.717, 1.165) is 5.56 Å². The lowest BCUT2D eigenvalue weighted by Gasteiger charge is -2.13. The van der Waals surface area contributed by atoms with Crippen molar-refractivity contribution in [2.45, 2.75) is 6.92 Å². The topological polar surface area (TPSA) is 103 Å². The van der Waals surface area contributed by atoms with Crippen LogP contribution in [0, 0.1) is 17.0 Å². The molecule has 9 heteroatoms. The van der Waals surface area contributed by atoms with Crippen molar-refractivity contribution >= 4 is 34.6 Å². The highest BCUT2D eigenvalue weighted by Crippen LogP contribution is 2.31. The Morgan fingerprint density at radius 2 is 1.92 bits per heavy atom. The van der Waals surface area contributed by atoms with Gasteiger partial charge in [0.1, 0.15) is 17.2 Å². The Morgan fingerprint density at radius 1 is 1.19 bits per heavy atom. The third-order valence-corrected chi connectivity index (χ3v) is 4.00. The highest BCUT2D eigenvalue weighted by molar-refractivity contribution is 6.31. The van der Waals surface area contributed by atoms with Gasteiger partial charge < -0.3 is 20.1 Å². The number of aryl methyl sites for hydroxylation is 1. The van der Waals surface area contributed by atoms with Crippen LogP contribution in [0.15, 0.2) is 30.3 Å². The van der Waals surface area contributed by atoms with Crippen molar-refractivity contribution in [3.05, 3.63) is 51.0 Å². The van der Waals surface area contributed by atoms with Gasteiger partial charge in [-0.05, 0) is 30.7 Å². The summed E-state index contributed by atoms with van der Waals surface area (Å²) in [7, 11) is 2.90. The lowest BCUT2D eigenvalue weighted by Crippen LogP contribution is -2.22. The maximum Gasteiger partial charge on any atom is 0.296 e. The summed E-state index contributed by atoms with van der Waals surface area (Å²) < 4.78 is 10.2. The van der Waals surface area contributed by atoms with Crippen LogP contribution >= 0.6 is 11.6 Å². The SMILES string of the molecule is COc1ccc(NC(=O)CNc2cc(C)c(Cl)cc2OC)c([N+](=O)[O-])c1. The highest BCUT2D eigenvalue weighted by atomic mass is 35.5. The van der Waals surface area contributed by atoms with E-state index in [4.69, 9.17) is 21.1 Å². The molecule has 0 aliphatic carbocycles. The molecule has 0 unspecified atom stereocenters. The molecule has 0 spiro atoms. The zero-order chi connectivity index (χ0) is 19.3. The van der Waals surface area contributed by atoms with E-state index >= 15 is 0 Å². The van der Waals surface area contributed by atoms with E-state index < -0.39 is 10.8 Å². The number of anilines is 2. The second-order valence-corrected chi connectivity index (χ2v) is 5.75. The van der Waals surface area contributed by atoms with Gasteiger partial charge in [-0.15, -0.1) is 0 Å². The Hall–Kier alpha value is -3.00. The molecule has 2 N–H and O–H groups in total. The minimum atomic E-state index is -0.586. The van der Waals surface area contributed by atoms with E-state index in [9.17, 15) is 14.9 Å². The highest BCUT2D eigenvalue weighted by Gasteiger charge is 2.17. The Labute approximate surface area is 155 Å². The van der Waals surface area contributed by atoms with E-state index in [0.29, 0.717) is 22.2 Å². The lowest BCUT2D eigenvalue weighted by atomic mass is 10.2. The third kappa shape index (κ3) is 4.54. The molecule has 8 nitrogen and oxygen atoms in total. The number of benzene rings is 2. The zero-order valence-electron chi connectivity index (χ0n) is 14.5. The molecule has 2 rings (SSSR count). The number of carbonyl (C=O) groups excluding carboxylic acids is 1. The molecule has 0 saturated heterocycles. The number of nitro benzene ring substituents is 1. The van der Waals surface area contributed by atoms with Gasteiger partial charge in [-0.1, -0.05) is 11.6 Å². The van der Waals surface area contributed by atoms with E-state index in [1.807, 2.05) is 6.92 Å². The number of carbonyl (C=O) groups is 1. The fourth-order valence-electron chi connectivity index (χ4n) is 2.24. The predicted molar refractivity (Wildman–Crippen MR) is 99.5 cm³/mol. The molecule has 0 fully saturated rings. The van der Waals surface area contributed by atoms with Crippen molar-refractivity contribution in [2.75, 3.05) is 31.4 Å². The molecule has 138 valence electrons. The quantitative estimate of drug-likeness (QED) is 0.562. The van der Waals surface area contributed by atoms with E-state index in [-0.39, 0.29) is 17.9 Å². The van der Waals surface area contributed by atoms with Crippen molar-refractivity contribution in [1.29, 1.82) is 0 Å². The first-order valence-corrected chi connectivity index (χ1v) is 7.93. The Morgan fingerprint density at radius 3 is 2.54 bits per heavy atom. The van der Waals surface area contributed by atoms with Crippen LogP contribution in [0.2, 0.25) is 5.02 Å². The molecule has 1 amide bonds. The smallest absolute Gasteiger partial charge is 0.296 e. The number of nitrogens with one attached hydrogen (secondary N) is 2. The number of methoxy groups -OCH3 is 2. The number of ether oxygens (including phenoxy) is 2. The number of nitrogens with zero attached hydrogens (tertiary/aromatic N) is 1. The third-order valence-electron chi connectivity index (χ3n) is 3.60. The summed E-state index contributed by atoms with van der Waals surface area (Å²) in [4.78, 5) is 22.7. The van der Waals surface area contributed by atoms with Gasteiger partial charge in [0.05, 0.1) is 37.4 Å². The van der Waals surface area contributed by atoms with Gasteiger partial charge >= 0.3 is 0 Å². The average Bonchev–Trinajstić information content (AvgIpc) is 2.62. The molecule has 0 radical (unpaired) electrons. The molecule has 26 heavy (non-hydrogen) atoms. The van der Waals surface area contributed by atoms with Crippen molar-refractivity contribution in [3.8, 4) is 11.5 Å². The van der Waals surface area contributed by atoms with Crippen molar-refractivity contribution in [1.82, 2.24) is 0 Å². The molecule has 0 aromatic heterocycles. The van der Waals surface area contributed by atoms with Crippen LogP contribution in [0.3, 0.4) is 0 Å². The number of hydrogen-bond donors (Lipinski definition) is 2. The largest absolute Gasteiger partial charge is 0.496 e. The van der Waals surface area contributed by atoms with Crippen LogP contribution in [0.1, 0.15) is 5.56 Å². The molecular weight excluding hydrogens is 362 g/mol. The van der Waals surface area contributed by atoms with Gasteiger partial charge in [-0.25, -0.2) is 0 Å². The van der Waals surface area contributed by atoms with Crippen LogP contribution in [0.25, 0.3) is 0 Å². The Kier molecular flexibility index (Phi) is 6.24. The summed E-state index contributed by atoms with van der Waals surface area (Å²) in [5.41, 5.74) is 1.24. The molecule has 0 bridgehead atoms. The van der Waals surface area contributed by atoms with Gasteiger partial charge in [0.15, 0.2) is 0 Å². The zero-order valence-corrected chi connectivity index (χ0v) is 15.2. The van der Waals surface area contributed by atoms with E-state index in [1.54, 1.807) is 12.1 Å². The summed E-state index contributed by atoms with van der Waals surface area (Å²) in [6.45, 7) is 1.72. The van der Waals surface area contributed by atoms with Gasteiger partial charge in [0.2, 0.25) is 5.91 Å². The van der Waals surface area contributed by atoms with Crippen molar-refractivity contribution in [2.24, 2.45) is 0 Å². The molecule has 2 aromatic carbocycles. The van der Waals surface area contributed by atoms with Crippen LogP contribution in [0.4, 0.5) is 17.1 Å². The summed E-state index contributed by atoms with van der Waals surface area (Å²) in [6.07, 6.45) is 0. The number of nitro groups is 1. The molecule has 2 aromatic rings. The van der Waals surface area contributed by atoms with Crippen LogP contribution in [-0.4, -0.2) is 31.6 Å². The normalized spacial score (nSPS) is 10.2. The molecule has 0 heterocycles. The monoisotopic (exact) mass is 379 g/mol. The van der Waals surface area contributed by atoms with Gasteiger partial charge in [-0.3, -0.25) is 14.9 Å². The van der Waals surface area contributed by atoms with Crippen molar-refractivity contribution < 1.29 is 19.2 Å². The Bertz CT molecular complexity index is 841. The standard InChI is InChI=1S/C17H18ClN3O5/c1-10-6-14(16(26-3)8-12(10)18)19-9-17(22)20-13-5-4-11(25-2)7-15(13)21(23)24/h4-8,19H,9H2,1-3H3,(H,20,22). The predicted octanol–water partition coefficient (Wildman–Crippen LogP) is 3.62. The van der Waals surface area contributed by atoms with E-state index in [2.05, 4.69) is 10.6 Å². The molecule has 0 atom stereocenters. The van der Waals surface area contributed by atoms with E-state index in [1.165, 1.54) is 32.4 Å².